The van der Waals surface area contributed by atoms with E-state index < -0.39 is 6.10 Å². The molecule has 1 aromatic rings. The Morgan fingerprint density at radius 3 is 2.71 bits per heavy atom. The number of hydrogen-bond donors (Lipinski definition) is 2. The smallest absolute Gasteiger partial charge is 0.0897 e. The first-order chi connectivity index (χ1) is 8.09. The van der Waals surface area contributed by atoms with Crippen LogP contribution >= 0.6 is 11.3 Å². The average molecular weight is 257 g/mol. The van der Waals surface area contributed by atoms with Crippen molar-refractivity contribution in [2.24, 2.45) is 5.92 Å². The fourth-order valence-corrected chi connectivity index (χ4v) is 2.30. The van der Waals surface area contributed by atoms with Gasteiger partial charge in [-0.1, -0.05) is 13.8 Å². The highest BCUT2D eigenvalue weighted by atomic mass is 32.1. The van der Waals surface area contributed by atoms with Crippen molar-refractivity contribution in [3.63, 3.8) is 0 Å². The van der Waals surface area contributed by atoms with Crippen LogP contribution in [0.25, 0.3) is 0 Å². The molecule has 0 aliphatic carbocycles. The Hall–Kier alpha value is -0.420. The molecule has 1 unspecified atom stereocenters. The van der Waals surface area contributed by atoms with Crippen LogP contribution in [0, 0.1) is 12.8 Å². The molecule has 0 amide bonds. The summed E-state index contributed by atoms with van der Waals surface area (Å²) in [5, 5.41) is 17.2. The molecule has 4 heteroatoms. The standard InChI is InChI=1S/C13H23NO2S/c1-10(2)6-16-7-13(15)5-14-4-12-9-17-8-11(12)3/h8-10,13-15H,4-7H2,1-3H3. The Balaban J connectivity index is 2.08. The van der Waals surface area contributed by atoms with Crippen LogP contribution in [-0.4, -0.2) is 31.0 Å². The van der Waals surface area contributed by atoms with E-state index in [1.165, 1.54) is 11.1 Å². The number of aliphatic hydroxyl groups excluding tert-OH is 1. The van der Waals surface area contributed by atoms with E-state index in [9.17, 15) is 5.11 Å². The second-order valence-corrected chi connectivity index (χ2v) is 5.54. The van der Waals surface area contributed by atoms with Crippen molar-refractivity contribution in [1.29, 1.82) is 0 Å². The molecule has 98 valence electrons. The monoisotopic (exact) mass is 257 g/mol. The van der Waals surface area contributed by atoms with Gasteiger partial charge in [-0.3, -0.25) is 0 Å². The number of aliphatic hydroxyl groups is 1. The van der Waals surface area contributed by atoms with Crippen LogP contribution < -0.4 is 5.32 Å². The third-order valence-corrected chi connectivity index (χ3v) is 3.33. The summed E-state index contributed by atoms with van der Waals surface area (Å²) >= 11 is 1.71. The number of aryl methyl sites for hydroxylation is 1. The Morgan fingerprint density at radius 2 is 2.12 bits per heavy atom. The number of ether oxygens (including phenoxy) is 1. The third-order valence-electron chi connectivity index (χ3n) is 2.42. The van der Waals surface area contributed by atoms with Crippen molar-refractivity contribution >= 4 is 11.3 Å². The summed E-state index contributed by atoms with van der Waals surface area (Å²) in [5.74, 6) is 0.517. The van der Waals surface area contributed by atoms with E-state index in [0.29, 0.717) is 25.7 Å². The van der Waals surface area contributed by atoms with Crippen molar-refractivity contribution in [2.75, 3.05) is 19.8 Å². The predicted molar refractivity (Wildman–Crippen MR) is 72.4 cm³/mol. The number of rotatable bonds is 8. The van der Waals surface area contributed by atoms with E-state index in [-0.39, 0.29) is 0 Å². The Bertz CT molecular complexity index is 312. The molecule has 0 fully saturated rings. The van der Waals surface area contributed by atoms with Crippen LogP contribution in [0.5, 0.6) is 0 Å². The van der Waals surface area contributed by atoms with Gasteiger partial charge in [0.05, 0.1) is 12.7 Å². The van der Waals surface area contributed by atoms with Crippen LogP contribution in [0.2, 0.25) is 0 Å². The Labute approximate surface area is 108 Å². The predicted octanol–water partition coefficient (Wildman–Crippen LogP) is 2.18. The van der Waals surface area contributed by atoms with Gasteiger partial charge < -0.3 is 15.2 Å². The minimum atomic E-state index is -0.423. The molecular weight excluding hydrogens is 234 g/mol. The summed E-state index contributed by atoms with van der Waals surface area (Å²) in [6.45, 7) is 8.82. The third kappa shape index (κ3) is 6.17. The van der Waals surface area contributed by atoms with E-state index in [4.69, 9.17) is 4.74 Å². The minimum absolute atomic E-state index is 0.411. The van der Waals surface area contributed by atoms with E-state index in [2.05, 4.69) is 36.8 Å². The van der Waals surface area contributed by atoms with Crippen LogP contribution in [0.4, 0.5) is 0 Å². The van der Waals surface area contributed by atoms with Gasteiger partial charge in [-0.05, 0) is 34.7 Å². The van der Waals surface area contributed by atoms with E-state index in [0.717, 1.165) is 6.54 Å². The summed E-state index contributed by atoms with van der Waals surface area (Å²) in [4.78, 5) is 0. The van der Waals surface area contributed by atoms with Gasteiger partial charge >= 0.3 is 0 Å². The van der Waals surface area contributed by atoms with E-state index in [1.54, 1.807) is 11.3 Å². The molecule has 1 rings (SSSR count). The van der Waals surface area contributed by atoms with Crippen molar-refractivity contribution in [3.05, 3.63) is 21.9 Å². The molecule has 3 nitrogen and oxygen atoms in total. The molecular formula is C13H23NO2S. The lowest BCUT2D eigenvalue weighted by atomic mass is 10.2. The second-order valence-electron chi connectivity index (χ2n) is 4.80. The number of nitrogens with one attached hydrogen (secondary N) is 1. The lowest BCUT2D eigenvalue weighted by Gasteiger charge is -2.13. The molecule has 0 spiro atoms. The highest BCUT2D eigenvalue weighted by Gasteiger charge is 2.05. The summed E-state index contributed by atoms with van der Waals surface area (Å²) in [6, 6.07) is 0. The number of hydrogen-bond acceptors (Lipinski definition) is 4. The first-order valence-corrected chi connectivity index (χ1v) is 7.02. The molecule has 2 N–H and O–H groups in total. The summed E-state index contributed by atoms with van der Waals surface area (Å²) in [6.07, 6.45) is -0.423. The molecule has 0 saturated carbocycles. The van der Waals surface area contributed by atoms with Gasteiger partial charge in [0.15, 0.2) is 0 Å². The Kier molecular flexibility index (Phi) is 6.73. The molecule has 1 atom stereocenters. The van der Waals surface area contributed by atoms with Crippen molar-refractivity contribution < 1.29 is 9.84 Å². The zero-order chi connectivity index (χ0) is 12.7. The quantitative estimate of drug-likeness (QED) is 0.750. The van der Waals surface area contributed by atoms with Gasteiger partial charge in [0.25, 0.3) is 0 Å². The maximum Gasteiger partial charge on any atom is 0.0897 e. The van der Waals surface area contributed by atoms with Crippen LogP contribution in [0.3, 0.4) is 0 Å². The minimum Gasteiger partial charge on any atom is -0.389 e. The highest BCUT2D eigenvalue weighted by molar-refractivity contribution is 7.08. The molecule has 1 aromatic heterocycles. The lowest BCUT2D eigenvalue weighted by molar-refractivity contribution is 0.0260. The number of thiophene rings is 1. The van der Waals surface area contributed by atoms with Crippen LogP contribution in [-0.2, 0) is 11.3 Å². The fourth-order valence-electron chi connectivity index (χ4n) is 1.44. The van der Waals surface area contributed by atoms with E-state index >= 15 is 0 Å². The summed E-state index contributed by atoms with van der Waals surface area (Å²) in [7, 11) is 0. The summed E-state index contributed by atoms with van der Waals surface area (Å²) in [5.41, 5.74) is 2.62. The topological polar surface area (TPSA) is 41.5 Å². The van der Waals surface area contributed by atoms with Crippen LogP contribution in [0.1, 0.15) is 25.0 Å². The summed E-state index contributed by atoms with van der Waals surface area (Å²) < 4.78 is 5.38. The molecule has 0 aliphatic heterocycles. The molecule has 17 heavy (non-hydrogen) atoms. The Morgan fingerprint density at radius 1 is 1.35 bits per heavy atom. The first-order valence-electron chi connectivity index (χ1n) is 6.07. The normalized spacial score (nSPS) is 13.2. The molecule has 0 saturated heterocycles. The van der Waals surface area contributed by atoms with Gasteiger partial charge in [-0.2, -0.15) is 11.3 Å². The largest absolute Gasteiger partial charge is 0.389 e. The van der Waals surface area contributed by atoms with Gasteiger partial charge in [0.1, 0.15) is 0 Å². The van der Waals surface area contributed by atoms with Crippen molar-refractivity contribution in [1.82, 2.24) is 5.32 Å². The van der Waals surface area contributed by atoms with Crippen molar-refractivity contribution in [2.45, 2.75) is 33.4 Å². The van der Waals surface area contributed by atoms with Gasteiger partial charge in [0, 0.05) is 19.7 Å². The zero-order valence-electron chi connectivity index (χ0n) is 10.9. The average Bonchev–Trinajstić information content (AvgIpc) is 2.64. The molecule has 0 aliphatic rings. The molecule has 0 bridgehead atoms. The van der Waals surface area contributed by atoms with Gasteiger partial charge in [-0.15, -0.1) is 0 Å². The maximum absolute atomic E-state index is 9.68. The second kappa shape index (κ2) is 7.82. The van der Waals surface area contributed by atoms with Crippen LogP contribution in [0.15, 0.2) is 10.8 Å². The van der Waals surface area contributed by atoms with Crippen molar-refractivity contribution in [3.8, 4) is 0 Å². The highest BCUT2D eigenvalue weighted by Crippen LogP contribution is 2.12. The fraction of sp³-hybridized carbons (Fsp3) is 0.692. The van der Waals surface area contributed by atoms with Gasteiger partial charge in [0.2, 0.25) is 0 Å². The SMILES string of the molecule is Cc1cscc1CNCC(O)COCC(C)C. The first kappa shape index (κ1) is 14.6. The van der Waals surface area contributed by atoms with E-state index in [1.807, 2.05) is 0 Å². The molecule has 0 aromatic carbocycles. The molecule has 0 radical (unpaired) electrons. The lowest BCUT2D eigenvalue weighted by Crippen LogP contribution is -2.30. The van der Waals surface area contributed by atoms with Gasteiger partial charge in [-0.25, -0.2) is 0 Å². The maximum atomic E-state index is 9.68. The zero-order valence-corrected chi connectivity index (χ0v) is 11.7. The molecule has 1 heterocycles.